The Kier molecular flexibility index (Phi) is 4.95. The maximum absolute atomic E-state index is 11.6. The second kappa shape index (κ2) is 6.71. The standard InChI is InChI=1S/C15H18N2O3S/c1-16-21(19,20)14-9-7-13(8-10-14)17-11-15(18)12-5-3-2-4-6-12/h2-10,15-18H,11H2,1H3. The molecule has 2 rings (SSSR count). The highest BCUT2D eigenvalue weighted by molar-refractivity contribution is 7.89. The molecule has 0 radical (unpaired) electrons. The summed E-state index contributed by atoms with van der Waals surface area (Å²) in [7, 11) is -2.04. The van der Waals surface area contributed by atoms with Gasteiger partial charge in [0.1, 0.15) is 0 Å². The number of hydrogen-bond acceptors (Lipinski definition) is 4. The molecule has 0 aromatic heterocycles. The lowest BCUT2D eigenvalue weighted by Gasteiger charge is -2.13. The Morgan fingerprint density at radius 2 is 1.67 bits per heavy atom. The van der Waals surface area contributed by atoms with E-state index in [1.807, 2.05) is 30.3 Å². The fraction of sp³-hybridized carbons (Fsp3) is 0.200. The molecule has 21 heavy (non-hydrogen) atoms. The van der Waals surface area contributed by atoms with E-state index in [9.17, 15) is 13.5 Å². The van der Waals surface area contributed by atoms with E-state index in [4.69, 9.17) is 0 Å². The third-order valence-corrected chi connectivity index (χ3v) is 4.55. The summed E-state index contributed by atoms with van der Waals surface area (Å²) in [4.78, 5) is 0.208. The van der Waals surface area contributed by atoms with E-state index in [2.05, 4.69) is 10.0 Å². The molecule has 6 heteroatoms. The minimum absolute atomic E-state index is 0.208. The zero-order chi connectivity index (χ0) is 15.3. The molecule has 0 aliphatic rings. The fourth-order valence-electron chi connectivity index (χ4n) is 1.88. The Bertz CT molecular complexity index is 670. The molecule has 0 amide bonds. The predicted octanol–water partition coefficient (Wildman–Crippen LogP) is 1.74. The molecule has 0 saturated heterocycles. The average molecular weight is 306 g/mol. The van der Waals surface area contributed by atoms with Gasteiger partial charge in [-0.3, -0.25) is 0 Å². The molecular formula is C15H18N2O3S. The van der Waals surface area contributed by atoms with Gasteiger partial charge in [0.2, 0.25) is 10.0 Å². The normalized spacial score (nSPS) is 12.9. The van der Waals surface area contributed by atoms with Crippen molar-refractivity contribution in [2.24, 2.45) is 0 Å². The topological polar surface area (TPSA) is 78.4 Å². The molecule has 0 bridgehead atoms. The molecule has 0 spiro atoms. The van der Waals surface area contributed by atoms with Crippen LogP contribution in [0.3, 0.4) is 0 Å². The minimum Gasteiger partial charge on any atom is -0.387 e. The van der Waals surface area contributed by atoms with Crippen molar-refractivity contribution in [3.05, 3.63) is 60.2 Å². The van der Waals surface area contributed by atoms with Gasteiger partial charge in [0.15, 0.2) is 0 Å². The number of rotatable bonds is 6. The van der Waals surface area contributed by atoms with Crippen molar-refractivity contribution < 1.29 is 13.5 Å². The molecule has 112 valence electrons. The maximum atomic E-state index is 11.6. The average Bonchev–Trinajstić information content (AvgIpc) is 2.54. The fourth-order valence-corrected chi connectivity index (χ4v) is 2.61. The number of hydrogen-bond donors (Lipinski definition) is 3. The highest BCUT2D eigenvalue weighted by Crippen LogP contribution is 2.16. The third kappa shape index (κ3) is 4.04. The molecule has 2 aromatic carbocycles. The molecule has 3 N–H and O–H groups in total. The molecule has 5 nitrogen and oxygen atoms in total. The summed E-state index contributed by atoms with van der Waals surface area (Å²) in [6.07, 6.45) is -0.619. The van der Waals surface area contributed by atoms with Crippen molar-refractivity contribution in [3.8, 4) is 0 Å². The first-order chi connectivity index (χ1) is 10.0. The van der Waals surface area contributed by atoms with E-state index in [1.165, 1.54) is 19.2 Å². The van der Waals surface area contributed by atoms with Crippen LogP contribution in [0.2, 0.25) is 0 Å². The number of benzene rings is 2. The summed E-state index contributed by atoms with van der Waals surface area (Å²) in [5, 5.41) is 13.1. The summed E-state index contributed by atoms with van der Waals surface area (Å²) in [6, 6.07) is 15.7. The van der Waals surface area contributed by atoms with Crippen molar-refractivity contribution in [2.75, 3.05) is 18.9 Å². The largest absolute Gasteiger partial charge is 0.387 e. The van der Waals surface area contributed by atoms with Crippen LogP contribution >= 0.6 is 0 Å². The highest BCUT2D eigenvalue weighted by atomic mass is 32.2. The Labute approximate surface area is 124 Å². The van der Waals surface area contributed by atoms with E-state index in [1.54, 1.807) is 12.1 Å². The van der Waals surface area contributed by atoms with E-state index in [-0.39, 0.29) is 4.90 Å². The summed E-state index contributed by atoms with van der Waals surface area (Å²) in [6.45, 7) is 0.349. The van der Waals surface area contributed by atoms with Crippen LogP contribution in [-0.4, -0.2) is 27.1 Å². The zero-order valence-electron chi connectivity index (χ0n) is 11.7. The molecule has 0 aliphatic carbocycles. The van der Waals surface area contributed by atoms with Gasteiger partial charge >= 0.3 is 0 Å². The van der Waals surface area contributed by atoms with E-state index < -0.39 is 16.1 Å². The van der Waals surface area contributed by atoms with E-state index >= 15 is 0 Å². The molecule has 0 saturated carbocycles. The lowest BCUT2D eigenvalue weighted by atomic mass is 10.1. The van der Waals surface area contributed by atoms with Crippen LogP contribution in [0.1, 0.15) is 11.7 Å². The van der Waals surface area contributed by atoms with Gasteiger partial charge in [0, 0.05) is 12.2 Å². The first-order valence-corrected chi connectivity index (χ1v) is 8.02. The number of aliphatic hydroxyl groups is 1. The summed E-state index contributed by atoms with van der Waals surface area (Å²) >= 11 is 0. The van der Waals surface area contributed by atoms with E-state index in [0.717, 1.165) is 11.3 Å². The lowest BCUT2D eigenvalue weighted by molar-refractivity contribution is 0.191. The van der Waals surface area contributed by atoms with Crippen molar-refractivity contribution in [1.82, 2.24) is 4.72 Å². The lowest BCUT2D eigenvalue weighted by Crippen LogP contribution is -2.18. The molecule has 0 aliphatic heterocycles. The van der Waals surface area contributed by atoms with Crippen LogP contribution in [0, 0.1) is 0 Å². The second-order valence-corrected chi connectivity index (χ2v) is 6.43. The smallest absolute Gasteiger partial charge is 0.240 e. The number of aliphatic hydroxyl groups excluding tert-OH is 1. The molecule has 1 atom stereocenters. The molecule has 2 aromatic rings. The summed E-state index contributed by atoms with van der Waals surface area (Å²) < 4.78 is 25.4. The van der Waals surface area contributed by atoms with Crippen LogP contribution in [0.15, 0.2) is 59.5 Å². The van der Waals surface area contributed by atoms with Gasteiger partial charge in [-0.1, -0.05) is 30.3 Å². The van der Waals surface area contributed by atoms with Gasteiger partial charge in [-0.05, 0) is 36.9 Å². The highest BCUT2D eigenvalue weighted by Gasteiger charge is 2.11. The number of anilines is 1. The van der Waals surface area contributed by atoms with Crippen LogP contribution in [0.25, 0.3) is 0 Å². The van der Waals surface area contributed by atoms with Gasteiger partial charge in [-0.2, -0.15) is 0 Å². The Morgan fingerprint density at radius 3 is 2.24 bits per heavy atom. The SMILES string of the molecule is CNS(=O)(=O)c1ccc(NCC(O)c2ccccc2)cc1. The van der Waals surface area contributed by atoms with Gasteiger partial charge < -0.3 is 10.4 Å². The predicted molar refractivity (Wildman–Crippen MR) is 82.6 cm³/mol. The number of sulfonamides is 1. The van der Waals surface area contributed by atoms with Crippen LogP contribution in [0.4, 0.5) is 5.69 Å². The van der Waals surface area contributed by atoms with Crippen molar-refractivity contribution in [2.45, 2.75) is 11.0 Å². The Morgan fingerprint density at radius 1 is 1.05 bits per heavy atom. The zero-order valence-corrected chi connectivity index (χ0v) is 12.5. The van der Waals surface area contributed by atoms with Crippen molar-refractivity contribution in [3.63, 3.8) is 0 Å². The monoisotopic (exact) mass is 306 g/mol. The number of nitrogens with one attached hydrogen (secondary N) is 2. The van der Waals surface area contributed by atoms with Gasteiger partial charge in [0.05, 0.1) is 11.0 Å². The molecule has 0 heterocycles. The molecule has 1 unspecified atom stereocenters. The molecule has 0 fully saturated rings. The first kappa shape index (κ1) is 15.5. The van der Waals surface area contributed by atoms with Gasteiger partial charge in [0.25, 0.3) is 0 Å². The van der Waals surface area contributed by atoms with Gasteiger partial charge in [-0.15, -0.1) is 0 Å². The Hall–Kier alpha value is -1.89. The van der Waals surface area contributed by atoms with Crippen LogP contribution < -0.4 is 10.0 Å². The summed E-state index contributed by atoms with van der Waals surface area (Å²) in [5.41, 5.74) is 1.58. The van der Waals surface area contributed by atoms with Gasteiger partial charge in [-0.25, -0.2) is 13.1 Å². The molecular weight excluding hydrogens is 288 g/mol. The van der Waals surface area contributed by atoms with Crippen molar-refractivity contribution >= 4 is 15.7 Å². The Balaban J connectivity index is 1.98. The summed E-state index contributed by atoms with van der Waals surface area (Å²) in [5.74, 6) is 0. The van der Waals surface area contributed by atoms with Crippen molar-refractivity contribution in [1.29, 1.82) is 0 Å². The minimum atomic E-state index is -3.42. The van der Waals surface area contributed by atoms with E-state index in [0.29, 0.717) is 6.54 Å². The van der Waals surface area contributed by atoms with Crippen LogP contribution in [-0.2, 0) is 10.0 Å². The second-order valence-electron chi connectivity index (χ2n) is 4.54. The first-order valence-electron chi connectivity index (χ1n) is 6.53. The maximum Gasteiger partial charge on any atom is 0.240 e. The third-order valence-electron chi connectivity index (χ3n) is 3.12. The quantitative estimate of drug-likeness (QED) is 0.759. The van der Waals surface area contributed by atoms with Crippen LogP contribution in [0.5, 0.6) is 0 Å².